The summed E-state index contributed by atoms with van der Waals surface area (Å²) in [5, 5.41) is 5.58. The fraction of sp³-hybridized carbons (Fsp3) is 0.403. The third kappa shape index (κ3) is 14.3. The molecular weight excluding hydrogens is 1050 g/mol. The van der Waals surface area contributed by atoms with Crippen LogP contribution in [-0.4, -0.2) is 72.9 Å². The lowest BCUT2D eigenvalue weighted by Crippen LogP contribution is -3.00. The van der Waals surface area contributed by atoms with Gasteiger partial charge >= 0.3 is 0 Å². The van der Waals surface area contributed by atoms with Crippen molar-refractivity contribution in [3.63, 3.8) is 0 Å². The van der Waals surface area contributed by atoms with Crippen LogP contribution in [0.2, 0.25) is 0 Å². The van der Waals surface area contributed by atoms with E-state index in [1.807, 2.05) is 0 Å². The molecule has 6 aromatic rings. The summed E-state index contributed by atoms with van der Waals surface area (Å²) in [6.45, 7) is 26.0. The fourth-order valence-electron chi connectivity index (χ4n) is 14.6. The van der Waals surface area contributed by atoms with Gasteiger partial charge in [-0.05, 0) is 250 Å². The zero-order valence-electron chi connectivity index (χ0n) is 51.5. The van der Waals surface area contributed by atoms with Crippen LogP contribution in [0.15, 0.2) is 181 Å². The van der Waals surface area contributed by atoms with E-state index in [1.165, 1.54) is 171 Å². The van der Waals surface area contributed by atoms with Crippen LogP contribution in [0, 0.1) is 23.7 Å². The number of hydrogen-bond acceptors (Lipinski definition) is 2. The first-order valence-corrected chi connectivity index (χ1v) is 31.9. The summed E-state index contributed by atoms with van der Waals surface area (Å²) < 4.78 is 4.87. The Bertz CT molecular complexity index is 3120. The van der Waals surface area contributed by atoms with Gasteiger partial charge in [-0.3, -0.25) is 0 Å². The second-order valence-corrected chi connectivity index (χ2v) is 23.7. The highest BCUT2D eigenvalue weighted by atomic mass is 35.5. The van der Waals surface area contributed by atoms with Gasteiger partial charge in [0.2, 0.25) is 0 Å². The van der Waals surface area contributed by atoms with Crippen LogP contribution in [-0.2, 0) is 12.8 Å². The van der Waals surface area contributed by atoms with Gasteiger partial charge in [0.15, 0.2) is 11.4 Å². The number of nitrogens with zero attached hydrogens (tertiary/aromatic N) is 4. The maximum atomic E-state index is 2.49. The van der Waals surface area contributed by atoms with Crippen LogP contribution in [0.1, 0.15) is 147 Å². The fourth-order valence-corrected chi connectivity index (χ4v) is 14.6. The van der Waals surface area contributed by atoms with E-state index >= 15 is 0 Å². The Labute approximate surface area is 512 Å². The molecule has 436 valence electrons. The zero-order chi connectivity index (χ0) is 56.2. The van der Waals surface area contributed by atoms with Crippen LogP contribution in [0.3, 0.4) is 0 Å². The van der Waals surface area contributed by atoms with E-state index in [2.05, 4.69) is 244 Å². The number of benzene rings is 6. The number of anilines is 2. The maximum absolute atomic E-state index is 2.49. The molecule has 4 aliphatic rings. The monoisotopic (exact) mass is 1140 g/mol. The Balaban J connectivity index is 0.00000450. The molecular formula is C77H94Cl2N4. The topological polar surface area (TPSA) is 12.5 Å². The van der Waals surface area contributed by atoms with Crippen molar-refractivity contribution in [3.05, 3.63) is 214 Å². The molecule has 4 nitrogen and oxygen atoms in total. The Hall–Kier alpha value is -6.20. The Morgan fingerprint density at radius 2 is 0.675 bits per heavy atom. The minimum atomic E-state index is 0. The van der Waals surface area contributed by atoms with E-state index in [1.54, 1.807) is 0 Å². The SMILES string of the molecule is CCN(CC)c1ccc(C(=C2C=CC(=[N+](CC)CC)C=C2)c2ccc(CC3CCC(CC4CCC(Cc5ccc(C(=C6C=CC(=[N+](CC)CC)C=C6)c6ccc(N(CC)CC)cc6)c6ccccc56)CC4)CC3)c3ccccc23)cc1.[Cl-].[Cl-]. The molecule has 0 amide bonds. The summed E-state index contributed by atoms with van der Waals surface area (Å²) >= 11 is 0. The van der Waals surface area contributed by atoms with Gasteiger partial charge < -0.3 is 34.6 Å². The van der Waals surface area contributed by atoms with Crippen LogP contribution in [0.4, 0.5) is 11.4 Å². The molecule has 0 unspecified atom stereocenters. The Morgan fingerprint density at radius 1 is 0.361 bits per heavy atom. The van der Waals surface area contributed by atoms with Crippen molar-refractivity contribution in [2.45, 2.75) is 126 Å². The van der Waals surface area contributed by atoms with Gasteiger partial charge in [0.05, 0.1) is 0 Å². The first-order valence-electron chi connectivity index (χ1n) is 31.9. The molecule has 0 atom stereocenters. The van der Waals surface area contributed by atoms with E-state index in [-0.39, 0.29) is 24.8 Å². The summed E-state index contributed by atoms with van der Waals surface area (Å²) in [6, 6.07) is 47.2. The van der Waals surface area contributed by atoms with E-state index < -0.39 is 0 Å². The maximum Gasteiger partial charge on any atom is 0.199 e. The standard InChI is InChI=1S/C77H94N4.2ClH/c1-9-78(10-2)66-43-33-60(34-44-66)76(61-35-45-67(46-36-61)79(11-3)12-4)74-51-41-64(70-21-17-19-23-72(70)74)54-58-29-25-56(26-30-58)53-57-27-31-59(32-28-57)55-65-42-52-75(73-24-20-18-22-71(65)73)77(62-37-47-68(48-38-62)80(13-5)14-6)63-39-49-69(50-40-63)81(15-7)16-8;;/h17-24,33-52,56-59H,9-16,25-32,53-55H2,1-8H3;2*1H/q+2;;/p-2. The van der Waals surface area contributed by atoms with Gasteiger partial charge in [-0.1, -0.05) is 123 Å². The molecule has 0 N–H and O–H groups in total. The van der Waals surface area contributed by atoms with Crippen molar-refractivity contribution in [2.75, 3.05) is 62.2 Å². The van der Waals surface area contributed by atoms with Crippen LogP contribution in [0.25, 0.3) is 32.7 Å². The number of fused-ring (bicyclic) bond motifs is 2. The Kier molecular flexibility index (Phi) is 22.7. The molecule has 6 heteroatoms. The molecule has 4 aliphatic carbocycles. The lowest BCUT2D eigenvalue weighted by Gasteiger charge is -2.34. The first-order chi connectivity index (χ1) is 39.8. The van der Waals surface area contributed by atoms with Crippen molar-refractivity contribution in [3.8, 4) is 0 Å². The molecule has 0 radical (unpaired) electrons. The number of hydrogen-bond donors (Lipinski definition) is 0. The van der Waals surface area contributed by atoms with Crippen molar-refractivity contribution < 1.29 is 34.0 Å². The van der Waals surface area contributed by atoms with E-state index in [0.29, 0.717) is 0 Å². The molecule has 10 rings (SSSR count). The number of allylic oxidation sites excluding steroid dienone is 10. The second kappa shape index (κ2) is 30.0. The average Bonchev–Trinajstić information content (AvgIpc) is 3.58. The smallest absolute Gasteiger partial charge is 0.199 e. The quantitative estimate of drug-likeness (QED) is 0.0707. The normalized spacial score (nSPS) is 18.5. The van der Waals surface area contributed by atoms with E-state index in [4.69, 9.17) is 0 Å². The lowest BCUT2D eigenvalue weighted by molar-refractivity contribution is -0.519. The highest BCUT2D eigenvalue weighted by Crippen LogP contribution is 2.43. The van der Waals surface area contributed by atoms with Crippen LogP contribution >= 0.6 is 0 Å². The predicted molar refractivity (Wildman–Crippen MR) is 352 cm³/mol. The number of halogens is 2. The van der Waals surface area contributed by atoms with Gasteiger partial charge in [0.1, 0.15) is 26.2 Å². The summed E-state index contributed by atoms with van der Waals surface area (Å²) in [5.41, 5.74) is 18.6. The van der Waals surface area contributed by atoms with Crippen molar-refractivity contribution in [2.24, 2.45) is 23.7 Å². The van der Waals surface area contributed by atoms with E-state index in [9.17, 15) is 0 Å². The van der Waals surface area contributed by atoms with Crippen LogP contribution < -0.4 is 34.6 Å². The van der Waals surface area contributed by atoms with Gasteiger partial charge in [-0.15, -0.1) is 0 Å². The molecule has 83 heavy (non-hydrogen) atoms. The van der Waals surface area contributed by atoms with Crippen molar-refractivity contribution in [1.82, 2.24) is 0 Å². The summed E-state index contributed by atoms with van der Waals surface area (Å²) in [7, 11) is 0. The van der Waals surface area contributed by atoms with Gasteiger partial charge in [0, 0.05) is 61.9 Å². The lowest BCUT2D eigenvalue weighted by atomic mass is 9.71. The zero-order valence-corrected chi connectivity index (χ0v) is 53.0. The third-order valence-electron chi connectivity index (χ3n) is 19.3. The Morgan fingerprint density at radius 3 is 0.988 bits per heavy atom. The van der Waals surface area contributed by atoms with Gasteiger partial charge in [-0.25, -0.2) is 9.15 Å². The molecule has 0 saturated heterocycles. The summed E-state index contributed by atoms with van der Waals surface area (Å²) in [5.74, 6) is 3.26. The highest BCUT2D eigenvalue weighted by molar-refractivity contribution is 6.07. The molecule has 2 fully saturated rings. The largest absolute Gasteiger partial charge is 1.00 e. The molecule has 2 saturated carbocycles. The average molecular weight is 1150 g/mol. The summed E-state index contributed by atoms with van der Waals surface area (Å²) in [4.78, 5) is 4.87. The molecule has 0 bridgehead atoms. The molecule has 6 aromatic carbocycles. The predicted octanol–water partition coefficient (Wildman–Crippen LogP) is 12.3. The molecule has 0 spiro atoms. The molecule has 0 heterocycles. The van der Waals surface area contributed by atoms with Crippen molar-refractivity contribution >= 4 is 55.5 Å². The first kappa shape index (κ1) is 62.8. The van der Waals surface area contributed by atoms with Crippen molar-refractivity contribution in [1.29, 1.82) is 0 Å². The third-order valence-corrected chi connectivity index (χ3v) is 19.3. The van der Waals surface area contributed by atoms with Crippen LogP contribution in [0.5, 0.6) is 0 Å². The number of rotatable bonds is 20. The molecule has 0 aliphatic heterocycles. The minimum absolute atomic E-state index is 0. The second-order valence-electron chi connectivity index (χ2n) is 23.7. The van der Waals surface area contributed by atoms with Gasteiger partial charge in [-0.2, -0.15) is 0 Å². The molecule has 0 aromatic heterocycles. The summed E-state index contributed by atoms with van der Waals surface area (Å²) in [6.07, 6.45) is 33.5. The van der Waals surface area contributed by atoms with Gasteiger partial charge in [0.25, 0.3) is 0 Å². The minimum Gasteiger partial charge on any atom is -1.00 e. The highest BCUT2D eigenvalue weighted by Gasteiger charge is 2.29. The van der Waals surface area contributed by atoms with E-state index in [0.717, 1.165) is 76.0 Å².